The van der Waals surface area contributed by atoms with Crippen LogP contribution in [0.5, 0.6) is 0 Å². The highest BCUT2D eigenvalue weighted by Crippen LogP contribution is 2.22. The highest BCUT2D eigenvalue weighted by molar-refractivity contribution is 5.77. The molecule has 0 aliphatic heterocycles. The molecule has 1 aromatic heterocycles. The molecule has 3 nitrogen and oxygen atoms in total. The van der Waals surface area contributed by atoms with Crippen molar-refractivity contribution in [2.24, 2.45) is 12.8 Å². The number of imidazole rings is 1. The molecule has 80 valence electrons. The van der Waals surface area contributed by atoms with E-state index in [0.29, 0.717) is 0 Å². The van der Waals surface area contributed by atoms with Crippen molar-refractivity contribution in [3.63, 3.8) is 0 Å². The molecule has 0 amide bonds. The van der Waals surface area contributed by atoms with Crippen molar-refractivity contribution in [1.29, 1.82) is 0 Å². The molecular weight excluding hydrogens is 186 g/mol. The summed E-state index contributed by atoms with van der Waals surface area (Å²) in [5.74, 6) is 0.920. The molecule has 0 unspecified atom stereocenters. The molecule has 0 aliphatic carbocycles. The lowest BCUT2D eigenvalue weighted by molar-refractivity contribution is 0.498. The van der Waals surface area contributed by atoms with Gasteiger partial charge in [-0.3, -0.25) is 0 Å². The number of aryl methyl sites for hydroxylation is 2. The minimum atomic E-state index is -0.401. The van der Waals surface area contributed by atoms with Crippen molar-refractivity contribution < 1.29 is 0 Å². The number of rotatable bonds is 1. The monoisotopic (exact) mass is 203 g/mol. The Kier molecular flexibility index (Phi) is 2.08. The molecular formula is C12H17N3. The zero-order valence-electron chi connectivity index (χ0n) is 9.70. The Hall–Kier alpha value is -1.35. The molecule has 15 heavy (non-hydrogen) atoms. The lowest BCUT2D eigenvalue weighted by atomic mass is 10.1. The number of benzene rings is 1. The minimum absolute atomic E-state index is 0.401. The van der Waals surface area contributed by atoms with E-state index >= 15 is 0 Å². The minimum Gasteiger partial charge on any atom is -0.330 e. The van der Waals surface area contributed by atoms with Crippen LogP contribution in [0.4, 0.5) is 0 Å². The first-order valence-electron chi connectivity index (χ1n) is 5.12. The van der Waals surface area contributed by atoms with Gasteiger partial charge < -0.3 is 10.3 Å². The summed E-state index contributed by atoms with van der Waals surface area (Å²) in [6, 6.07) is 6.27. The predicted octanol–water partition coefficient (Wildman–Crippen LogP) is 2.08. The van der Waals surface area contributed by atoms with Crippen LogP contribution in [0.3, 0.4) is 0 Å². The third-order valence-corrected chi connectivity index (χ3v) is 2.61. The standard InChI is InChI=1S/C12H17N3/c1-8-5-6-10-9(7-8)14-11(15(10)4)12(2,3)13/h5-7H,13H2,1-4H3. The van der Waals surface area contributed by atoms with Crippen molar-refractivity contribution >= 4 is 11.0 Å². The van der Waals surface area contributed by atoms with Gasteiger partial charge in [0.25, 0.3) is 0 Å². The van der Waals surface area contributed by atoms with E-state index in [2.05, 4.69) is 34.7 Å². The van der Waals surface area contributed by atoms with Gasteiger partial charge in [0.15, 0.2) is 0 Å². The Balaban J connectivity index is 2.75. The van der Waals surface area contributed by atoms with Crippen LogP contribution < -0.4 is 5.73 Å². The molecule has 2 rings (SSSR count). The molecule has 0 aliphatic rings. The summed E-state index contributed by atoms with van der Waals surface area (Å²) in [5.41, 5.74) is 9.05. The van der Waals surface area contributed by atoms with Gasteiger partial charge in [-0.1, -0.05) is 6.07 Å². The van der Waals surface area contributed by atoms with Gasteiger partial charge in [-0.2, -0.15) is 0 Å². The fourth-order valence-electron chi connectivity index (χ4n) is 1.89. The van der Waals surface area contributed by atoms with Crippen molar-refractivity contribution in [3.8, 4) is 0 Å². The second kappa shape index (κ2) is 3.07. The van der Waals surface area contributed by atoms with E-state index in [9.17, 15) is 0 Å². The van der Waals surface area contributed by atoms with Crippen molar-refractivity contribution in [1.82, 2.24) is 9.55 Å². The molecule has 3 heteroatoms. The molecule has 0 spiro atoms. The van der Waals surface area contributed by atoms with Crippen molar-refractivity contribution in [3.05, 3.63) is 29.6 Å². The van der Waals surface area contributed by atoms with Crippen LogP contribution in [0.1, 0.15) is 25.2 Å². The third-order valence-electron chi connectivity index (χ3n) is 2.61. The summed E-state index contributed by atoms with van der Waals surface area (Å²) < 4.78 is 2.06. The zero-order chi connectivity index (χ0) is 11.2. The Morgan fingerprint density at radius 2 is 2.00 bits per heavy atom. The molecule has 1 heterocycles. The van der Waals surface area contributed by atoms with Gasteiger partial charge >= 0.3 is 0 Å². The van der Waals surface area contributed by atoms with Crippen LogP contribution in [0.2, 0.25) is 0 Å². The maximum atomic E-state index is 6.08. The van der Waals surface area contributed by atoms with Crippen LogP contribution in [0.15, 0.2) is 18.2 Å². The van der Waals surface area contributed by atoms with E-state index in [-0.39, 0.29) is 0 Å². The van der Waals surface area contributed by atoms with Crippen LogP contribution in [0.25, 0.3) is 11.0 Å². The first-order valence-corrected chi connectivity index (χ1v) is 5.12. The highest BCUT2D eigenvalue weighted by atomic mass is 15.1. The van der Waals surface area contributed by atoms with E-state index < -0.39 is 5.54 Å². The van der Waals surface area contributed by atoms with E-state index in [0.717, 1.165) is 16.9 Å². The van der Waals surface area contributed by atoms with E-state index in [4.69, 9.17) is 5.73 Å². The van der Waals surface area contributed by atoms with Gasteiger partial charge in [0, 0.05) is 7.05 Å². The van der Waals surface area contributed by atoms with Gasteiger partial charge in [0.1, 0.15) is 5.82 Å². The molecule has 0 saturated heterocycles. The van der Waals surface area contributed by atoms with Gasteiger partial charge in [0.2, 0.25) is 0 Å². The zero-order valence-corrected chi connectivity index (χ0v) is 9.70. The summed E-state index contributed by atoms with van der Waals surface area (Å²) in [5, 5.41) is 0. The molecule has 2 aromatic rings. The average Bonchev–Trinajstić information content (AvgIpc) is 2.42. The second-order valence-electron chi connectivity index (χ2n) is 4.71. The number of hydrogen-bond acceptors (Lipinski definition) is 2. The number of nitrogens with two attached hydrogens (primary N) is 1. The Labute approximate surface area is 89.9 Å². The first-order chi connectivity index (χ1) is 6.89. The smallest absolute Gasteiger partial charge is 0.129 e. The summed E-state index contributed by atoms with van der Waals surface area (Å²) >= 11 is 0. The fraction of sp³-hybridized carbons (Fsp3) is 0.417. The van der Waals surface area contributed by atoms with Crippen LogP contribution in [-0.4, -0.2) is 9.55 Å². The Morgan fingerprint density at radius 1 is 1.33 bits per heavy atom. The number of aromatic nitrogens is 2. The van der Waals surface area contributed by atoms with Crippen molar-refractivity contribution in [2.45, 2.75) is 26.3 Å². The molecule has 0 radical (unpaired) electrons. The molecule has 1 aromatic carbocycles. The molecule has 0 fully saturated rings. The normalized spacial score (nSPS) is 12.3. The first kappa shape index (κ1) is 10.2. The maximum absolute atomic E-state index is 6.08. The second-order valence-corrected chi connectivity index (χ2v) is 4.71. The summed E-state index contributed by atoms with van der Waals surface area (Å²) in [6.45, 7) is 6.02. The van der Waals surface area contributed by atoms with Gasteiger partial charge in [-0.25, -0.2) is 4.98 Å². The third kappa shape index (κ3) is 1.63. The number of nitrogens with zero attached hydrogens (tertiary/aromatic N) is 2. The summed E-state index contributed by atoms with van der Waals surface area (Å²) in [7, 11) is 2.01. The molecule has 2 N–H and O–H groups in total. The van der Waals surface area contributed by atoms with E-state index in [1.165, 1.54) is 5.56 Å². The summed E-state index contributed by atoms with van der Waals surface area (Å²) in [4.78, 5) is 4.58. The number of fused-ring (bicyclic) bond motifs is 1. The van der Waals surface area contributed by atoms with E-state index in [1.54, 1.807) is 0 Å². The highest BCUT2D eigenvalue weighted by Gasteiger charge is 2.21. The molecule has 0 atom stereocenters. The van der Waals surface area contributed by atoms with Crippen LogP contribution >= 0.6 is 0 Å². The summed E-state index contributed by atoms with van der Waals surface area (Å²) in [6.07, 6.45) is 0. The lowest BCUT2D eigenvalue weighted by Gasteiger charge is -2.17. The number of hydrogen-bond donors (Lipinski definition) is 1. The van der Waals surface area contributed by atoms with Gasteiger partial charge in [-0.05, 0) is 38.5 Å². The largest absolute Gasteiger partial charge is 0.330 e. The Morgan fingerprint density at radius 3 is 2.60 bits per heavy atom. The van der Waals surface area contributed by atoms with Gasteiger partial charge in [0.05, 0.1) is 16.6 Å². The SMILES string of the molecule is Cc1ccc2c(c1)nc(C(C)(C)N)n2C. The van der Waals surface area contributed by atoms with Crippen molar-refractivity contribution in [2.75, 3.05) is 0 Å². The van der Waals surface area contributed by atoms with Crippen LogP contribution in [-0.2, 0) is 12.6 Å². The predicted molar refractivity (Wildman–Crippen MR) is 62.7 cm³/mol. The Bertz CT molecular complexity index is 503. The average molecular weight is 203 g/mol. The topological polar surface area (TPSA) is 43.8 Å². The molecule has 0 bridgehead atoms. The lowest BCUT2D eigenvalue weighted by Crippen LogP contribution is -2.32. The van der Waals surface area contributed by atoms with Gasteiger partial charge in [-0.15, -0.1) is 0 Å². The van der Waals surface area contributed by atoms with E-state index in [1.807, 2.05) is 20.9 Å². The molecule has 0 saturated carbocycles. The van der Waals surface area contributed by atoms with Crippen LogP contribution in [0, 0.1) is 6.92 Å². The fourth-order valence-corrected chi connectivity index (χ4v) is 1.89. The maximum Gasteiger partial charge on any atom is 0.129 e. The quantitative estimate of drug-likeness (QED) is 0.771.